The zero-order chi connectivity index (χ0) is 11.9. The molecule has 0 bridgehead atoms. The highest BCUT2D eigenvalue weighted by molar-refractivity contribution is 4.90. The van der Waals surface area contributed by atoms with Crippen molar-refractivity contribution in [3.05, 3.63) is 0 Å². The van der Waals surface area contributed by atoms with Gasteiger partial charge in [-0.25, -0.2) is 10.4 Å². The smallest absolute Gasteiger partial charge is 0.0779 e. The van der Waals surface area contributed by atoms with Crippen molar-refractivity contribution in [2.24, 2.45) is 10.8 Å². The van der Waals surface area contributed by atoms with E-state index in [2.05, 4.69) is 64.3 Å². The van der Waals surface area contributed by atoms with Gasteiger partial charge in [0.2, 0.25) is 0 Å². The Hall–Kier alpha value is -0.120. The van der Waals surface area contributed by atoms with Crippen LogP contribution < -0.4 is 10.7 Å². The molecule has 1 rings (SSSR count). The van der Waals surface area contributed by atoms with E-state index in [-0.39, 0.29) is 5.41 Å². The van der Waals surface area contributed by atoms with Crippen molar-refractivity contribution in [1.82, 2.24) is 15.8 Å². The molecule has 0 aromatic rings. The Balaban J connectivity index is 2.64. The van der Waals surface area contributed by atoms with Crippen LogP contribution in [-0.4, -0.2) is 30.8 Å². The zero-order valence-corrected chi connectivity index (χ0v) is 11.3. The van der Waals surface area contributed by atoms with Gasteiger partial charge in [-0.1, -0.05) is 41.5 Å². The Morgan fingerprint density at radius 1 is 1.00 bits per heavy atom. The summed E-state index contributed by atoms with van der Waals surface area (Å²) in [5.41, 5.74) is 4.13. The second-order valence-electron chi connectivity index (χ2n) is 6.84. The van der Waals surface area contributed by atoms with E-state index < -0.39 is 0 Å². The lowest BCUT2D eigenvalue weighted by Gasteiger charge is -2.48. The molecule has 0 radical (unpaired) electrons. The Bertz CT molecular complexity index is 212. The van der Waals surface area contributed by atoms with Gasteiger partial charge in [-0.3, -0.25) is 5.32 Å². The van der Waals surface area contributed by atoms with Gasteiger partial charge in [-0.15, -0.1) is 0 Å². The molecule has 0 aromatic heterocycles. The lowest BCUT2D eigenvalue weighted by Crippen LogP contribution is -2.68. The fourth-order valence-corrected chi connectivity index (χ4v) is 2.12. The van der Waals surface area contributed by atoms with Gasteiger partial charge >= 0.3 is 0 Å². The van der Waals surface area contributed by atoms with Gasteiger partial charge in [0.25, 0.3) is 0 Å². The summed E-state index contributed by atoms with van der Waals surface area (Å²) in [6.45, 7) is 14.7. The Morgan fingerprint density at radius 3 is 1.87 bits per heavy atom. The van der Waals surface area contributed by atoms with Crippen LogP contribution in [0.1, 0.15) is 41.5 Å². The standard InChI is InChI=1S/C12H27N3/c1-11(2,3)9-8-13-10(12(4,5)6)15(7)14-9/h9-10,13-14H,8H2,1-7H3. The van der Waals surface area contributed by atoms with Gasteiger partial charge in [-0.05, 0) is 10.8 Å². The molecule has 3 nitrogen and oxygen atoms in total. The van der Waals surface area contributed by atoms with E-state index in [4.69, 9.17) is 0 Å². The molecule has 2 atom stereocenters. The minimum absolute atomic E-state index is 0.255. The van der Waals surface area contributed by atoms with Gasteiger partial charge < -0.3 is 0 Å². The van der Waals surface area contributed by atoms with Crippen molar-refractivity contribution in [3.63, 3.8) is 0 Å². The van der Waals surface area contributed by atoms with E-state index >= 15 is 0 Å². The van der Waals surface area contributed by atoms with Crippen LogP contribution in [0.15, 0.2) is 0 Å². The molecule has 2 unspecified atom stereocenters. The monoisotopic (exact) mass is 213 g/mol. The molecule has 0 spiro atoms. The average Bonchev–Trinajstić information content (AvgIpc) is 1.99. The topological polar surface area (TPSA) is 27.3 Å². The number of hydrogen-bond acceptors (Lipinski definition) is 3. The predicted octanol–water partition coefficient (Wildman–Crippen LogP) is 1.81. The maximum absolute atomic E-state index is 3.63. The van der Waals surface area contributed by atoms with Crippen LogP contribution in [0.2, 0.25) is 0 Å². The third kappa shape index (κ3) is 3.16. The Morgan fingerprint density at radius 2 is 1.53 bits per heavy atom. The molecular weight excluding hydrogens is 186 g/mol. The lowest BCUT2D eigenvalue weighted by molar-refractivity contribution is -0.0196. The molecule has 1 aliphatic heterocycles. The molecule has 90 valence electrons. The molecule has 0 aliphatic carbocycles. The van der Waals surface area contributed by atoms with Gasteiger partial charge in [0.05, 0.1) is 6.17 Å². The fraction of sp³-hybridized carbons (Fsp3) is 1.00. The van der Waals surface area contributed by atoms with Crippen molar-refractivity contribution in [2.45, 2.75) is 53.8 Å². The van der Waals surface area contributed by atoms with Crippen molar-refractivity contribution >= 4 is 0 Å². The third-order valence-corrected chi connectivity index (χ3v) is 3.13. The van der Waals surface area contributed by atoms with Crippen LogP contribution in [0.25, 0.3) is 0 Å². The SMILES string of the molecule is CN1NC(C(C)(C)C)CNC1C(C)(C)C. The van der Waals surface area contributed by atoms with Crippen molar-refractivity contribution < 1.29 is 0 Å². The highest BCUT2D eigenvalue weighted by Gasteiger charge is 2.36. The van der Waals surface area contributed by atoms with Crippen LogP contribution in [0.3, 0.4) is 0 Å². The summed E-state index contributed by atoms with van der Waals surface area (Å²) in [5, 5.41) is 5.85. The third-order valence-electron chi connectivity index (χ3n) is 3.13. The summed E-state index contributed by atoms with van der Waals surface area (Å²) < 4.78 is 0. The van der Waals surface area contributed by atoms with Crippen LogP contribution in [0, 0.1) is 10.8 Å². The molecule has 15 heavy (non-hydrogen) atoms. The maximum atomic E-state index is 3.63. The molecule has 0 amide bonds. The minimum Gasteiger partial charge on any atom is -0.299 e. The van der Waals surface area contributed by atoms with Crippen LogP contribution in [0.4, 0.5) is 0 Å². The number of hydrazine groups is 1. The molecule has 2 N–H and O–H groups in total. The zero-order valence-electron chi connectivity index (χ0n) is 11.3. The summed E-state index contributed by atoms with van der Waals surface area (Å²) in [7, 11) is 2.13. The quantitative estimate of drug-likeness (QED) is 0.643. The fourth-order valence-electron chi connectivity index (χ4n) is 2.12. The minimum atomic E-state index is 0.255. The molecule has 1 aliphatic rings. The van der Waals surface area contributed by atoms with E-state index in [9.17, 15) is 0 Å². The van der Waals surface area contributed by atoms with Crippen molar-refractivity contribution in [1.29, 1.82) is 0 Å². The van der Waals surface area contributed by atoms with Gasteiger partial charge in [0.15, 0.2) is 0 Å². The first-order valence-corrected chi connectivity index (χ1v) is 5.85. The van der Waals surface area contributed by atoms with E-state index in [1.54, 1.807) is 0 Å². The highest BCUT2D eigenvalue weighted by Crippen LogP contribution is 2.26. The summed E-state index contributed by atoms with van der Waals surface area (Å²) in [5.74, 6) is 0. The van der Waals surface area contributed by atoms with Crippen molar-refractivity contribution in [2.75, 3.05) is 13.6 Å². The average molecular weight is 213 g/mol. The van der Waals surface area contributed by atoms with Crippen LogP contribution in [0.5, 0.6) is 0 Å². The highest BCUT2D eigenvalue weighted by atomic mass is 15.6. The molecule has 1 fully saturated rings. The largest absolute Gasteiger partial charge is 0.299 e. The first-order valence-electron chi connectivity index (χ1n) is 5.85. The Kier molecular flexibility index (Phi) is 3.49. The summed E-state index contributed by atoms with van der Waals surface area (Å²) in [4.78, 5) is 0. The second kappa shape index (κ2) is 4.04. The van der Waals surface area contributed by atoms with E-state index in [1.807, 2.05) is 0 Å². The van der Waals surface area contributed by atoms with E-state index in [0.29, 0.717) is 17.6 Å². The summed E-state index contributed by atoms with van der Waals surface area (Å²) in [6, 6.07) is 0.501. The first kappa shape index (κ1) is 12.9. The Labute approximate surface area is 94.6 Å². The summed E-state index contributed by atoms with van der Waals surface area (Å²) in [6.07, 6.45) is 0.399. The number of nitrogens with zero attached hydrogens (tertiary/aromatic N) is 1. The number of nitrogens with one attached hydrogen (secondary N) is 2. The number of rotatable bonds is 0. The molecule has 3 heteroatoms. The van der Waals surface area contributed by atoms with E-state index in [1.165, 1.54) is 0 Å². The second-order valence-corrected chi connectivity index (χ2v) is 6.84. The molecule has 1 saturated heterocycles. The van der Waals surface area contributed by atoms with Gasteiger partial charge in [0, 0.05) is 19.6 Å². The van der Waals surface area contributed by atoms with E-state index in [0.717, 1.165) is 6.54 Å². The predicted molar refractivity (Wildman–Crippen MR) is 65.4 cm³/mol. The molecule has 0 aromatic carbocycles. The normalized spacial score (nSPS) is 30.6. The summed E-state index contributed by atoms with van der Waals surface area (Å²) >= 11 is 0. The number of hydrogen-bond donors (Lipinski definition) is 2. The van der Waals surface area contributed by atoms with Crippen LogP contribution >= 0.6 is 0 Å². The van der Waals surface area contributed by atoms with Crippen LogP contribution in [-0.2, 0) is 0 Å². The lowest BCUT2D eigenvalue weighted by atomic mass is 9.85. The van der Waals surface area contributed by atoms with Gasteiger partial charge in [0.1, 0.15) is 0 Å². The van der Waals surface area contributed by atoms with Crippen molar-refractivity contribution in [3.8, 4) is 0 Å². The molecule has 0 saturated carbocycles. The maximum Gasteiger partial charge on any atom is 0.0779 e. The molecular formula is C12H27N3. The first-order chi connectivity index (χ1) is 6.62. The molecule has 1 heterocycles. The van der Waals surface area contributed by atoms with Gasteiger partial charge in [-0.2, -0.15) is 0 Å².